The Labute approximate surface area is 173 Å². The van der Waals surface area contributed by atoms with Crippen LogP contribution in [0.2, 0.25) is 0 Å². The van der Waals surface area contributed by atoms with Gasteiger partial charge in [-0.15, -0.1) is 0 Å². The van der Waals surface area contributed by atoms with E-state index in [-0.39, 0.29) is 16.3 Å². The number of para-hydroxylation sites is 2. The summed E-state index contributed by atoms with van der Waals surface area (Å²) in [5.74, 6) is -0.250. The minimum Gasteiger partial charge on any atom is -0.495 e. The highest BCUT2D eigenvalue weighted by molar-refractivity contribution is 7.92. The number of sulfonamides is 1. The topological polar surface area (TPSA) is 140 Å². The Morgan fingerprint density at radius 1 is 1.13 bits per heavy atom. The van der Waals surface area contributed by atoms with E-state index in [0.717, 1.165) is 6.07 Å². The van der Waals surface area contributed by atoms with Gasteiger partial charge < -0.3 is 4.74 Å². The van der Waals surface area contributed by atoms with Crippen LogP contribution in [0.25, 0.3) is 0 Å². The molecule has 2 rings (SSSR count). The number of hydrogen-bond acceptors (Lipinski definition) is 7. The van der Waals surface area contributed by atoms with Gasteiger partial charge >= 0.3 is 0 Å². The van der Waals surface area contributed by atoms with Gasteiger partial charge in [0.25, 0.3) is 21.6 Å². The molecule has 0 atom stereocenters. The molecule has 3 N–H and O–H groups in total. The zero-order chi connectivity index (χ0) is 22.1. The first-order chi connectivity index (χ1) is 14.3. The van der Waals surface area contributed by atoms with E-state index in [9.17, 15) is 23.3 Å². The summed E-state index contributed by atoms with van der Waals surface area (Å²) in [6.45, 7) is 1.78. The number of nitrogens with zero attached hydrogens (tertiary/aromatic N) is 1. The molecule has 1 amide bonds. The van der Waals surface area contributed by atoms with Crippen molar-refractivity contribution in [2.75, 3.05) is 17.3 Å². The molecule has 0 spiro atoms. The van der Waals surface area contributed by atoms with Crippen LogP contribution < -0.4 is 20.3 Å². The van der Waals surface area contributed by atoms with Crippen molar-refractivity contribution < 1.29 is 22.9 Å². The molecule has 0 aromatic heterocycles. The molecule has 0 heterocycles. The third-order valence-corrected chi connectivity index (χ3v) is 5.06. The molecule has 0 aliphatic rings. The number of allylic oxidation sites excluding steroid dienone is 3. The van der Waals surface area contributed by atoms with Crippen molar-refractivity contribution in [1.82, 2.24) is 5.43 Å². The van der Waals surface area contributed by atoms with Gasteiger partial charge in [-0.2, -0.15) is 0 Å². The molecule has 0 radical (unpaired) electrons. The highest BCUT2D eigenvalue weighted by atomic mass is 32.2. The van der Waals surface area contributed by atoms with Gasteiger partial charge in [0.05, 0.1) is 22.6 Å². The van der Waals surface area contributed by atoms with E-state index in [0.29, 0.717) is 5.75 Å². The molecule has 0 unspecified atom stereocenters. The minimum absolute atomic E-state index is 0.0796. The number of amides is 1. The number of nitro benzene ring substituents is 1. The lowest BCUT2D eigenvalue weighted by Crippen LogP contribution is -2.28. The van der Waals surface area contributed by atoms with Gasteiger partial charge in [-0.25, -0.2) is 8.42 Å². The van der Waals surface area contributed by atoms with Crippen molar-refractivity contribution in [3.63, 3.8) is 0 Å². The number of hydrazine groups is 1. The van der Waals surface area contributed by atoms with Gasteiger partial charge in [-0.3, -0.25) is 30.5 Å². The van der Waals surface area contributed by atoms with Crippen LogP contribution in [-0.4, -0.2) is 26.4 Å². The quantitative estimate of drug-likeness (QED) is 0.239. The molecule has 2 aromatic rings. The number of anilines is 2. The SMILES string of the molecule is C/C=C/C=C/C(=O)NNc1ccc(S(=O)(=O)Nc2ccccc2OC)cc1[N+](=O)[O-]. The summed E-state index contributed by atoms with van der Waals surface area (Å²) in [6, 6.07) is 9.60. The Kier molecular flexibility index (Phi) is 7.53. The van der Waals surface area contributed by atoms with Crippen LogP contribution >= 0.6 is 0 Å². The Balaban J connectivity index is 2.27. The number of hydrogen-bond donors (Lipinski definition) is 3. The maximum Gasteiger partial charge on any atom is 0.295 e. The van der Waals surface area contributed by atoms with E-state index in [1.54, 1.807) is 37.3 Å². The third kappa shape index (κ3) is 5.82. The molecule has 0 aliphatic carbocycles. The normalized spacial score (nSPS) is 11.4. The minimum atomic E-state index is -4.13. The first-order valence-corrected chi connectivity index (χ1v) is 10.1. The number of ether oxygens (including phenoxy) is 1. The summed E-state index contributed by atoms with van der Waals surface area (Å²) in [5, 5.41) is 11.4. The first kappa shape index (κ1) is 22.4. The molecule has 2 aromatic carbocycles. The average molecular weight is 432 g/mol. The van der Waals surface area contributed by atoms with E-state index >= 15 is 0 Å². The molecule has 0 saturated heterocycles. The molecule has 0 fully saturated rings. The Morgan fingerprint density at radius 2 is 1.87 bits per heavy atom. The van der Waals surface area contributed by atoms with Crippen LogP contribution in [0.5, 0.6) is 5.75 Å². The second-order valence-corrected chi connectivity index (χ2v) is 7.42. The summed E-state index contributed by atoms with van der Waals surface area (Å²) in [5.41, 5.74) is 4.26. The van der Waals surface area contributed by atoms with E-state index in [4.69, 9.17) is 4.74 Å². The summed E-state index contributed by atoms with van der Waals surface area (Å²) in [7, 11) is -2.74. The first-order valence-electron chi connectivity index (χ1n) is 8.58. The monoisotopic (exact) mass is 432 g/mol. The van der Waals surface area contributed by atoms with Crippen molar-refractivity contribution in [2.45, 2.75) is 11.8 Å². The predicted octanol–water partition coefficient (Wildman–Crippen LogP) is 2.98. The van der Waals surface area contributed by atoms with Crippen molar-refractivity contribution >= 4 is 33.0 Å². The lowest BCUT2D eigenvalue weighted by atomic mass is 10.3. The third-order valence-electron chi connectivity index (χ3n) is 3.70. The molecule has 0 bridgehead atoms. The summed E-state index contributed by atoms with van der Waals surface area (Å²) >= 11 is 0. The van der Waals surface area contributed by atoms with Gasteiger partial charge in [0.2, 0.25) is 0 Å². The van der Waals surface area contributed by atoms with Crippen LogP contribution in [0.1, 0.15) is 6.92 Å². The number of nitro groups is 1. The Hall–Kier alpha value is -3.86. The molecule has 0 saturated carbocycles. The molecule has 158 valence electrons. The van der Waals surface area contributed by atoms with Crippen LogP contribution in [0.4, 0.5) is 17.1 Å². The van der Waals surface area contributed by atoms with Crippen LogP contribution in [-0.2, 0) is 14.8 Å². The van der Waals surface area contributed by atoms with Crippen LogP contribution in [0, 0.1) is 10.1 Å². The Morgan fingerprint density at radius 3 is 2.53 bits per heavy atom. The number of nitrogens with one attached hydrogen (secondary N) is 3. The zero-order valence-corrected chi connectivity index (χ0v) is 17.0. The fourth-order valence-electron chi connectivity index (χ4n) is 2.29. The largest absolute Gasteiger partial charge is 0.495 e. The number of carbonyl (C=O) groups excluding carboxylic acids is 1. The van der Waals surface area contributed by atoms with E-state index in [1.165, 1.54) is 37.5 Å². The molecular weight excluding hydrogens is 412 g/mol. The van der Waals surface area contributed by atoms with Gasteiger partial charge in [0.15, 0.2) is 0 Å². The molecule has 30 heavy (non-hydrogen) atoms. The van der Waals surface area contributed by atoms with Crippen LogP contribution in [0.15, 0.2) is 71.7 Å². The second-order valence-electron chi connectivity index (χ2n) is 5.74. The van der Waals surface area contributed by atoms with Crippen molar-refractivity contribution in [1.29, 1.82) is 0 Å². The molecular formula is C19H20N4O6S. The second kappa shape index (κ2) is 10.1. The van der Waals surface area contributed by atoms with E-state index in [2.05, 4.69) is 15.6 Å². The van der Waals surface area contributed by atoms with Gasteiger partial charge in [0.1, 0.15) is 11.4 Å². The maximum atomic E-state index is 12.7. The molecule has 11 heteroatoms. The fourth-order valence-corrected chi connectivity index (χ4v) is 3.38. The summed E-state index contributed by atoms with van der Waals surface area (Å²) < 4.78 is 32.8. The number of methoxy groups -OCH3 is 1. The van der Waals surface area contributed by atoms with Gasteiger partial charge in [-0.05, 0) is 31.2 Å². The predicted molar refractivity (Wildman–Crippen MR) is 113 cm³/mol. The number of benzene rings is 2. The highest BCUT2D eigenvalue weighted by Crippen LogP contribution is 2.30. The summed E-state index contributed by atoms with van der Waals surface area (Å²) in [6.07, 6.45) is 6.07. The maximum absolute atomic E-state index is 12.7. The summed E-state index contributed by atoms with van der Waals surface area (Å²) in [4.78, 5) is 22.0. The highest BCUT2D eigenvalue weighted by Gasteiger charge is 2.22. The standard InChI is InChI=1S/C19H20N4O6S/c1-3-4-5-10-19(24)21-20-15-12-11-14(13-17(15)23(25)26)30(27,28)22-16-8-6-7-9-18(16)29-2/h3-13,20,22H,1-2H3,(H,21,24)/b4-3+,10-5+. The average Bonchev–Trinajstić information content (AvgIpc) is 2.72. The van der Waals surface area contributed by atoms with Crippen molar-refractivity contribution in [3.05, 3.63) is 76.9 Å². The van der Waals surface area contributed by atoms with Gasteiger partial charge in [-0.1, -0.05) is 30.4 Å². The van der Waals surface area contributed by atoms with Crippen molar-refractivity contribution in [3.8, 4) is 5.75 Å². The van der Waals surface area contributed by atoms with E-state index < -0.39 is 26.5 Å². The Bertz CT molecular complexity index is 1100. The number of rotatable bonds is 9. The lowest BCUT2D eigenvalue weighted by Gasteiger charge is -2.12. The molecule has 0 aliphatic heterocycles. The smallest absolute Gasteiger partial charge is 0.295 e. The molecule has 10 nitrogen and oxygen atoms in total. The zero-order valence-electron chi connectivity index (χ0n) is 16.2. The fraction of sp³-hybridized carbons (Fsp3) is 0.105. The van der Waals surface area contributed by atoms with Crippen molar-refractivity contribution in [2.24, 2.45) is 0 Å². The van der Waals surface area contributed by atoms with Gasteiger partial charge in [0, 0.05) is 12.1 Å². The van der Waals surface area contributed by atoms with Crippen LogP contribution in [0.3, 0.4) is 0 Å². The van der Waals surface area contributed by atoms with E-state index in [1.807, 2.05) is 0 Å². The number of carbonyl (C=O) groups is 1. The lowest BCUT2D eigenvalue weighted by molar-refractivity contribution is -0.384.